The number of hydrogen-bond donors (Lipinski definition) is 2. The Morgan fingerprint density at radius 1 is 1.12 bits per heavy atom. The van der Waals surface area contributed by atoms with E-state index in [9.17, 15) is 10.2 Å². The normalized spacial score (nSPS) is 14.2. The van der Waals surface area contributed by atoms with Gasteiger partial charge < -0.3 is 10.2 Å². The van der Waals surface area contributed by atoms with Crippen LogP contribution >= 0.6 is 0 Å². The van der Waals surface area contributed by atoms with Crippen molar-refractivity contribution in [3.05, 3.63) is 0 Å². The highest BCUT2D eigenvalue weighted by atomic mass is 16.5. The molecule has 0 aliphatic carbocycles. The van der Waals surface area contributed by atoms with Gasteiger partial charge in [-0.2, -0.15) is 0 Å². The van der Waals surface area contributed by atoms with Gasteiger partial charge in [-0.3, -0.25) is 0 Å². The van der Waals surface area contributed by atoms with E-state index in [1.165, 1.54) is 13.3 Å². The summed E-state index contributed by atoms with van der Waals surface area (Å²) in [6, 6.07) is 0. The molecule has 0 rings (SSSR count). The van der Waals surface area contributed by atoms with Crippen LogP contribution in [0.2, 0.25) is 0 Å². The van der Waals surface area contributed by atoms with Crippen molar-refractivity contribution in [1.29, 1.82) is 0 Å². The molecule has 0 aromatic heterocycles. The topological polar surface area (TPSA) is 40.5 Å². The molecule has 0 fully saturated rings. The largest absolute Gasteiger partial charge is 0.365 e. The summed E-state index contributed by atoms with van der Waals surface area (Å²) in [5, 5.41) is 19.3. The average molecular weight is 226 g/mol. The van der Waals surface area contributed by atoms with E-state index in [0.717, 1.165) is 12.8 Å². The lowest BCUT2D eigenvalue weighted by Crippen LogP contribution is -2.45. The third-order valence-electron chi connectivity index (χ3n) is 3.64. The summed E-state index contributed by atoms with van der Waals surface area (Å²) < 4.78 is 0. The van der Waals surface area contributed by atoms with E-state index >= 15 is 0 Å². The molecule has 1 unspecified atom stereocenters. The van der Waals surface area contributed by atoms with E-state index in [1.807, 2.05) is 20.8 Å². The zero-order valence-corrected chi connectivity index (χ0v) is 11.3. The summed E-state index contributed by atoms with van der Waals surface area (Å²) in [5.74, 6) is 4.75. The van der Waals surface area contributed by atoms with Crippen LogP contribution in [0.4, 0.5) is 0 Å². The van der Waals surface area contributed by atoms with Gasteiger partial charge in [0.15, 0.2) is 5.79 Å². The lowest BCUT2D eigenvalue weighted by atomic mass is 9.72. The summed E-state index contributed by atoms with van der Waals surface area (Å²) in [4.78, 5) is 0. The molecule has 0 saturated carbocycles. The van der Waals surface area contributed by atoms with Crippen molar-refractivity contribution >= 4 is 0 Å². The van der Waals surface area contributed by atoms with Crippen molar-refractivity contribution in [2.45, 2.75) is 66.1 Å². The predicted molar refractivity (Wildman–Crippen MR) is 67.7 cm³/mol. The smallest absolute Gasteiger partial charge is 0.165 e. The maximum Gasteiger partial charge on any atom is 0.165 e. The number of aliphatic hydroxyl groups is 2. The van der Waals surface area contributed by atoms with E-state index in [2.05, 4.69) is 18.8 Å². The van der Waals surface area contributed by atoms with Gasteiger partial charge in [0.05, 0.1) is 0 Å². The molecule has 0 aliphatic heterocycles. The van der Waals surface area contributed by atoms with E-state index in [1.54, 1.807) is 0 Å². The summed E-state index contributed by atoms with van der Waals surface area (Å²) >= 11 is 0. The van der Waals surface area contributed by atoms with Crippen LogP contribution in [0.25, 0.3) is 0 Å². The Kier molecular flexibility index (Phi) is 6.07. The van der Waals surface area contributed by atoms with Crippen LogP contribution in [-0.2, 0) is 0 Å². The van der Waals surface area contributed by atoms with Crippen molar-refractivity contribution in [2.75, 3.05) is 0 Å². The van der Waals surface area contributed by atoms with Crippen LogP contribution in [0.5, 0.6) is 0 Å². The minimum absolute atomic E-state index is 0.154. The molecule has 0 amide bonds. The first-order valence-corrected chi connectivity index (χ1v) is 6.14. The molecule has 94 valence electrons. The zero-order valence-electron chi connectivity index (χ0n) is 11.3. The fourth-order valence-electron chi connectivity index (χ4n) is 1.30. The zero-order chi connectivity index (χ0) is 12.8. The van der Waals surface area contributed by atoms with Crippen molar-refractivity contribution in [3.63, 3.8) is 0 Å². The predicted octanol–water partition coefficient (Wildman–Crippen LogP) is 2.93. The first-order chi connectivity index (χ1) is 7.23. The first kappa shape index (κ1) is 15.5. The van der Waals surface area contributed by atoms with Gasteiger partial charge in [-0.25, -0.2) is 0 Å². The summed E-state index contributed by atoms with van der Waals surface area (Å²) in [6.45, 7) is 9.33. The fourth-order valence-corrected chi connectivity index (χ4v) is 1.30. The SMILES string of the molecule is CCCCC#CCC(C)C(C)(C)C(C)(O)O. The van der Waals surface area contributed by atoms with Gasteiger partial charge in [-0.1, -0.05) is 34.1 Å². The van der Waals surface area contributed by atoms with E-state index in [-0.39, 0.29) is 5.92 Å². The third-order valence-corrected chi connectivity index (χ3v) is 3.64. The molecular formula is C14H26O2. The molecule has 2 nitrogen and oxygen atoms in total. The number of hydrogen-bond acceptors (Lipinski definition) is 2. The molecule has 0 heterocycles. The first-order valence-electron chi connectivity index (χ1n) is 6.14. The van der Waals surface area contributed by atoms with Gasteiger partial charge in [0.1, 0.15) is 0 Å². The minimum Gasteiger partial charge on any atom is -0.365 e. The number of rotatable bonds is 5. The van der Waals surface area contributed by atoms with Gasteiger partial charge in [0.25, 0.3) is 0 Å². The van der Waals surface area contributed by atoms with Crippen LogP contribution in [0.1, 0.15) is 60.3 Å². The van der Waals surface area contributed by atoms with Crippen LogP contribution in [0.15, 0.2) is 0 Å². The fraction of sp³-hybridized carbons (Fsp3) is 0.857. The average Bonchev–Trinajstić information content (AvgIpc) is 2.15. The molecule has 0 radical (unpaired) electrons. The molecule has 16 heavy (non-hydrogen) atoms. The molecule has 0 aliphatic rings. The molecule has 0 aromatic carbocycles. The van der Waals surface area contributed by atoms with Gasteiger partial charge in [-0.15, -0.1) is 11.8 Å². The molecule has 1 atom stereocenters. The van der Waals surface area contributed by atoms with Crippen molar-refractivity contribution in [2.24, 2.45) is 11.3 Å². The molecule has 2 N–H and O–H groups in total. The van der Waals surface area contributed by atoms with Crippen LogP contribution in [0, 0.1) is 23.2 Å². The van der Waals surface area contributed by atoms with Crippen LogP contribution in [0.3, 0.4) is 0 Å². The van der Waals surface area contributed by atoms with Crippen molar-refractivity contribution < 1.29 is 10.2 Å². The Morgan fingerprint density at radius 2 is 1.69 bits per heavy atom. The molecule has 0 bridgehead atoms. The lowest BCUT2D eigenvalue weighted by molar-refractivity contribution is -0.233. The highest BCUT2D eigenvalue weighted by Gasteiger charge is 2.41. The molecular weight excluding hydrogens is 200 g/mol. The highest BCUT2D eigenvalue weighted by molar-refractivity contribution is 5.02. The molecule has 0 saturated heterocycles. The van der Waals surface area contributed by atoms with E-state index in [0.29, 0.717) is 6.42 Å². The molecule has 0 aromatic rings. The Bertz CT molecular complexity index is 250. The summed E-state index contributed by atoms with van der Waals surface area (Å²) in [7, 11) is 0. The monoisotopic (exact) mass is 226 g/mol. The van der Waals surface area contributed by atoms with Crippen LogP contribution < -0.4 is 0 Å². The van der Waals surface area contributed by atoms with Crippen molar-refractivity contribution in [3.8, 4) is 11.8 Å². The Labute approximate surface area is 100 Å². The van der Waals surface area contributed by atoms with E-state index in [4.69, 9.17) is 0 Å². The maximum atomic E-state index is 9.66. The lowest BCUT2D eigenvalue weighted by Gasteiger charge is -2.40. The summed E-state index contributed by atoms with van der Waals surface area (Å²) in [6.07, 6.45) is 3.97. The Morgan fingerprint density at radius 3 is 2.12 bits per heavy atom. The second-order valence-corrected chi connectivity index (χ2v) is 5.30. The van der Waals surface area contributed by atoms with E-state index < -0.39 is 11.2 Å². The molecule has 0 spiro atoms. The maximum absolute atomic E-state index is 9.66. The second-order valence-electron chi connectivity index (χ2n) is 5.30. The minimum atomic E-state index is -1.66. The summed E-state index contributed by atoms with van der Waals surface area (Å²) in [5.41, 5.74) is -0.549. The molecule has 2 heteroatoms. The highest BCUT2D eigenvalue weighted by Crippen LogP contribution is 2.37. The number of unbranched alkanes of at least 4 members (excludes halogenated alkanes) is 2. The van der Waals surface area contributed by atoms with Gasteiger partial charge in [-0.05, 0) is 19.3 Å². The Hall–Kier alpha value is -0.520. The second kappa shape index (κ2) is 6.27. The van der Waals surface area contributed by atoms with Crippen molar-refractivity contribution in [1.82, 2.24) is 0 Å². The van der Waals surface area contributed by atoms with Gasteiger partial charge in [0, 0.05) is 18.3 Å². The van der Waals surface area contributed by atoms with Crippen LogP contribution in [-0.4, -0.2) is 16.0 Å². The Balaban J connectivity index is 4.24. The third kappa shape index (κ3) is 4.55. The standard InChI is InChI=1S/C14H26O2/c1-6-7-8-9-10-11-12(2)13(3,4)14(5,15)16/h12,15-16H,6-8,11H2,1-5H3. The van der Waals surface area contributed by atoms with Gasteiger partial charge >= 0.3 is 0 Å². The van der Waals surface area contributed by atoms with Gasteiger partial charge in [0.2, 0.25) is 0 Å². The quantitative estimate of drug-likeness (QED) is 0.430.